The van der Waals surface area contributed by atoms with Gasteiger partial charge in [0, 0.05) is 21.8 Å². The second-order valence-corrected chi connectivity index (χ2v) is 5.57. The van der Waals surface area contributed by atoms with Crippen LogP contribution in [0.2, 0.25) is 0 Å². The van der Waals surface area contributed by atoms with Gasteiger partial charge in [0.05, 0.1) is 0 Å². The molecule has 1 aromatic carbocycles. The third-order valence-corrected chi connectivity index (χ3v) is 4.25. The lowest BCUT2D eigenvalue weighted by atomic mass is 10.1. The summed E-state index contributed by atoms with van der Waals surface area (Å²) in [4.78, 5) is 8.95. The van der Waals surface area contributed by atoms with Gasteiger partial charge in [0.1, 0.15) is 5.82 Å². The van der Waals surface area contributed by atoms with Crippen LogP contribution in [0.4, 0.5) is 5.82 Å². The zero-order chi connectivity index (χ0) is 14.0. The van der Waals surface area contributed by atoms with Crippen molar-refractivity contribution in [2.45, 2.75) is 33.6 Å². The summed E-state index contributed by atoms with van der Waals surface area (Å²) in [5, 5.41) is 0. The van der Waals surface area contributed by atoms with E-state index in [-0.39, 0.29) is 0 Å². The summed E-state index contributed by atoms with van der Waals surface area (Å²) in [7, 11) is 0. The fraction of sp³-hybridized carbons (Fsp3) is 0.333. The Kier molecular flexibility index (Phi) is 4.20. The second kappa shape index (κ2) is 5.70. The van der Waals surface area contributed by atoms with E-state index in [2.05, 4.69) is 58.8 Å². The molecule has 0 spiro atoms. The summed E-state index contributed by atoms with van der Waals surface area (Å²) in [5.74, 6) is 1.24. The number of nitrogens with zero attached hydrogens (tertiary/aromatic N) is 2. The van der Waals surface area contributed by atoms with Gasteiger partial charge in [-0.05, 0) is 43.5 Å². The van der Waals surface area contributed by atoms with Crippen molar-refractivity contribution < 1.29 is 0 Å². The van der Waals surface area contributed by atoms with Crippen molar-refractivity contribution in [3.8, 4) is 11.4 Å². The molecule has 0 fully saturated rings. The Labute approximate surface area is 122 Å². The predicted octanol–water partition coefficient (Wildman–Crippen LogP) is 4.06. The molecule has 1 heterocycles. The molecular weight excluding hydrogens is 302 g/mol. The monoisotopic (exact) mass is 319 g/mol. The molecule has 2 aromatic rings. The van der Waals surface area contributed by atoms with Crippen molar-refractivity contribution in [3.63, 3.8) is 0 Å². The number of nitrogens with two attached hydrogens (primary N) is 1. The van der Waals surface area contributed by atoms with Crippen molar-refractivity contribution >= 4 is 21.7 Å². The van der Waals surface area contributed by atoms with Crippen LogP contribution in [0.1, 0.15) is 30.2 Å². The third-order valence-electron chi connectivity index (χ3n) is 3.00. The fourth-order valence-corrected chi connectivity index (χ4v) is 2.34. The van der Waals surface area contributed by atoms with E-state index in [0.29, 0.717) is 11.6 Å². The Bertz CT molecular complexity index is 585. The summed E-state index contributed by atoms with van der Waals surface area (Å²) in [6.45, 7) is 6.27. The minimum atomic E-state index is 0.534. The van der Waals surface area contributed by atoms with Crippen LogP contribution < -0.4 is 5.73 Å². The van der Waals surface area contributed by atoms with Gasteiger partial charge >= 0.3 is 0 Å². The lowest BCUT2D eigenvalue weighted by Gasteiger charge is -2.09. The van der Waals surface area contributed by atoms with E-state index in [4.69, 9.17) is 5.73 Å². The fourth-order valence-electron chi connectivity index (χ4n) is 2.11. The molecule has 0 aliphatic heterocycles. The largest absolute Gasteiger partial charge is 0.384 e. The molecule has 0 radical (unpaired) electrons. The van der Waals surface area contributed by atoms with Gasteiger partial charge < -0.3 is 5.73 Å². The Balaban J connectivity index is 2.52. The number of halogens is 1. The van der Waals surface area contributed by atoms with E-state index >= 15 is 0 Å². The topological polar surface area (TPSA) is 51.8 Å². The van der Waals surface area contributed by atoms with E-state index in [1.165, 1.54) is 11.1 Å². The minimum Gasteiger partial charge on any atom is -0.384 e. The molecule has 0 atom stereocenters. The first-order chi connectivity index (χ1) is 9.01. The normalized spacial score (nSPS) is 10.7. The third kappa shape index (κ3) is 3.13. The molecule has 1 aromatic heterocycles. The molecule has 0 amide bonds. The minimum absolute atomic E-state index is 0.534. The van der Waals surface area contributed by atoms with Gasteiger partial charge in [-0.25, -0.2) is 9.97 Å². The highest BCUT2D eigenvalue weighted by Gasteiger charge is 2.08. The molecular formula is C15H18BrN3. The first kappa shape index (κ1) is 14.0. The molecule has 100 valence electrons. The van der Waals surface area contributed by atoms with Gasteiger partial charge in [-0.3, -0.25) is 0 Å². The second-order valence-electron chi connectivity index (χ2n) is 4.78. The SMILES string of the molecule is CCCc1cc(N)nc(-c2cc(C)c(Br)c(C)c2)n1. The molecule has 0 saturated carbocycles. The van der Waals surface area contributed by atoms with Crippen LogP contribution in [0.15, 0.2) is 22.7 Å². The van der Waals surface area contributed by atoms with Gasteiger partial charge in [-0.1, -0.05) is 29.3 Å². The number of aromatic nitrogens is 2. The summed E-state index contributed by atoms with van der Waals surface area (Å²) in [6.07, 6.45) is 1.97. The zero-order valence-corrected chi connectivity index (χ0v) is 13.1. The van der Waals surface area contributed by atoms with Crippen molar-refractivity contribution in [2.75, 3.05) is 5.73 Å². The first-order valence-corrected chi connectivity index (χ1v) is 7.21. The molecule has 2 N–H and O–H groups in total. The van der Waals surface area contributed by atoms with E-state index < -0.39 is 0 Å². The van der Waals surface area contributed by atoms with Crippen LogP contribution in [-0.4, -0.2) is 9.97 Å². The van der Waals surface area contributed by atoms with Crippen LogP contribution in [0.25, 0.3) is 11.4 Å². The van der Waals surface area contributed by atoms with Crippen molar-refractivity contribution in [1.29, 1.82) is 0 Å². The summed E-state index contributed by atoms with van der Waals surface area (Å²) in [5.41, 5.74) is 10.2. The van der Waals surface area contributed by atoms with Crippen molar-refractivity contribution in [3.05, 3.63) is 39.5 Å². The first-order valence-electron chi connectivity index (χ1n) is 6.41. The van der Waals surface area contributed by atoms with Gasteiger partial charge in [0.25, 0.3) is 0 Å². The number of rotatable bonds is 3. The van der Waals surface area contributed by atoms with Gasteiger partial charge in [0.15, 0.2) is 5.82 Å². The molecule has 0 aliphatic rings. The zero-order valence-electron chi connectivity index (χ0n) is 11.5. The van der Waals surface area contributed by atoms with E-state index in [1.807, 2.05) is 6.07 Å². The predicted molar refractivity (Wildman–Crippen MR) is 83.0 cm³/mol. The van der Waals surface area contributed by atoms with Crippen LogP contribution in [-0.2, 0) is 6.42 Å². The van der Waals surface area contributed by atoms with Gasteiger partial charge in [0.2, 0.25) is 0 Å². The molecule has 0 unspecified atom stereocenters. The van der Waals surface area contributed by atoms with E-state index in [1.54, 1.807) is 0 Å². The maximum Gasteiger partial charge on any atom is 0.161 e. The Morgan fingerprint density at radius 3 is 2.32 bits per heavy atom. The number of benzene rings is 1. The lowest BCUT2D eigenvalue weighted by molar-refractivity contribution is 0.877. The number of aryl methyl sites for hydroxylation is 3. The molecule has 19 heavy (non-hydrogen) atoms. The molecule has 0 bridgehead atoms. The Morgan fingerprint density at radius 1 is 1.11 bits per heavy atom. The van der Waals surface area contributed by atoms with Crippen molar-refractivity contribution in [1.82, 2.24) is 9.97 Å². The number of hydrogen-bond donors (Lipinski definition) is 1. The number of anilines is 1. The molecule has 0 aliphatic carbocycles. The van der Waals surface area contributed by atoms with Gasteiger partial charge in [-0.15, -0.1) is 0 Å². The summed E-state index contributed by atoms with van der Waals surface area (Å²) in [6, 6.07) is 6.02. The van der Waals surface area contributed by atoms with Crippen LogP contribution in [0.5, 0.6) is 0 Å². The van der Waals surface area contributed by atoms with Crippen LogP contribution in [0.3, 0.4) is 0 Å². The van der Waals surface area contributed by atoms with E-state index in [9.17, 15) is 0 Å². The van der Waals surface area contributed by atoms with Crippen LogP contribution >= 0.6 is 15.9 Å². The van der Waals surface area contributed by atoms with Gasteiger partial charge in [-0.2, -0.15) is 0 Å². The molecule has 0 saturated heterocycles. The van der Waals surface area contributed by atoms with E-state index in [0.717, 1.165) is 28.6 Å². The highest BCUT2D eigenvalue weighted by molar-refractivity contribution is 9.10. The number of nitrogen functional groups attached to an aromatic ring is 1. The molecule has 2 rings (SSSR count). The maximum atomic E-state index is 5.87. The standard InChI is InChI=1S/C15H18BrN3/c1-4-5-12-8-13(17)19-15(18-12)11-6-9(2)14(16)10(3)7-11/h6-8H,4-5H2,1-3H3,(H2,17,18,19). The average molecular weight is 320 g/mol. The molecule has 4 heteroatoms. The summed E-state index contributed by atoms with van der Waals surface area (Å²) >= 11 is 3.57. The quantitative estimate of drug-likeness (QED) is 0.928. The summed E-state index contributed by atoms with van der Waals surface area (Å²) < 4.78 is 1.13. The maximum absolute atomic E-state index is 5.87. The smallest absolute Gasteiger partial charge is 0.161 e. The van der Waals surface area contributed by atoms with Crippen molar-refractivity contribution in [2.24, 2.45) is 0 Å². The Morgan fingerprint density at radius 2 is 1.74 bits per heavy atom. The van der Waals surface area contributed by atoms with Crippen LogP contribution in [0, 0.1) is 13.8 Å². The average Bonchev–Trinajstić information content (AvgIpc) is 2.35. The lowest BCUT2D eigenvalue weighted by Crippen LogP contribution is -2.01. The number of hydrogen-bond acceptors (Lipinski definition) is 3. The Hall–Kier alpha value is -1.42. The molecule has 3 nitrogen and oxygen atoms in total. The highest BCUT2D eigenvalue weighted by atomic mass is 79.9. The highest BCUT2D eigenvalue weighted by Crippen LogP contribution is 2.27.